The van der Waals surface area contributed by atoms with Crippen molar-refractivity contribution < 1.29 is 9.59 Å². The van der Waals surface area contributed by atoms with Crippen LogP contribution in [0.5, 0.6) is 0 Å². The number of rotatable bonds is 4. The highest BCUT2D eigenvalue weighted by Crippen LogP contribution is 2.46. The van der Waals surface area contributed by atoms with Crippen LogP contribution in [-0.2, 0) is 9.59 Å². The van der Waals surface area contributed by atoms with Crippen molar-refractivity contribution in [2.45, 2.75) is 35.5 Å². The Kier molecular flexibility index (Phi) is 4.91. The molecule has 1 aromatic carbocycles. The highest BCUT2D eigenvalue weighted by atomic mass is 35.5. The van der Waals surface area contributed by atoms with Gasteiger partial charge < -0.3 is 5.73 Å². The molecule has 4 rings (SSSR count). The average molecular weight is 424 g/mol. The van der Waals surface area contributed by atoms with Gasteiger partial charge in [-0.3, -0.25) is 9.59 Å². The van der Waals surface area contributed by atoms with Gasteiger partial charge in [0.15, 0.2) is 0 Å². The topological polar surface area (TPSA) is 124 Å². The number of hydrogen-bond acceptors (Lipinski definition) is 7. The number of nitrogen functional groups attached to an aromatic ring is 1. The van der Waals surface area contributed by atoms with Crippen LogP contribution in [0.25, 0.3) is 0 Å². The molecular weight excluding hydrogens is 410 g/mol. The summed E-state index contributed by atoms with van der Waals surface area (Å²) in [5, 5.41) is 19.1. The first-order chi connectivity index (χ1) is 13.9. The largest absolute Gasteiger partial charge is 0.383 e. The number of imide groups is 1. The van der Waals surface area contributed by atoms with E-state index in [0.29, 0.717) is 16.3 Å². The van der Waals surface area contributed by atoms with Crippen molar-refractivity contribution in [1.82, 2.24) is 4.98 Å². The maximum atomic E-state index is 12.9. The summed E-state index contributed by atoms with van der Waals surface area (Å²) < 4.78 is 0. The lowest BCUT2D eigenvalue weighted by molar-refractivity contribution is -0.121. The zero-order valence-corrected chi connectivity index (χ0v) is 16.6. The minimum atomic E-state index is -0.736. The van der Waals surface area contributed by atoms with E-state index in [-0.39, 0.29) is 40.2 Å². The van der Waals surface area contributed by atoms with E-state index < -0.39 is 11.2 Å². The van der Waals surface area contributed by atoms with Crippen molar-refractivity contribution in [3.8, 4) is 12.1 Å². The number of nitrogens with zero attached hydrogens (tertiary/aromatic N) is 4. The predicted molar refractivity (Wildman–Crippen MR) is 108 cm³/mol. The van der Waals surface area contributed by atoms with Crippen molar-refractivity contribution >= 4 is 46.7 Å². The summed E-state index contributed by atoms with van der Waals surface area (Å²) in [5.41, 5.74) is 7.46. The number of hydrogen-bond donors (Lipinski definition) is 1. The summed E-state index contributed by atoms with van der Waals surface area (Å²) in [5.74, 6) is -0.603. The summed E-state index contributed by atoms with van der Waals surface area (Å²) in [7, 11) is 0. The number of nitriles is 2. The maximum Gasteiger partial charge on any atom is 0.247 e. The quantitative estimate of drug-likeness (QED) is 0.747. The number of pyridine rings is 1. The molecule has 2 fully saturated rings. The van der Waals surface area contributed by atoms with E-state index in [4.69, 9.17) is 17.3 Å². The molecule has 1 aromatic heterocycles. The standard InChI is InChI=1S/C20H14ClN5O2S/c21-11-2-1-3-12(6-11)26-16(27)7-15(20(26)28)29-19-14(9-23)17(10-4-5-10)13(8-22)18(24)25-19/h1-3,6,10,15H,4-5,7H2,(H2,24,25)/t15-/m0/s1. The molecule has 1 aliphatic heterocycles. The Labute approximate surface area is 176 Å². The lowest BCUT2D eigenvalue weighted by Gasteiger charge is -2.16. The molecule has 1 atom stereocenters. The first-order valence-corrected chi connectivity index (χ1v) is 10.1. The first kappa shape index (κ1) is 19.3. The van der Waals surface area contributed by atoms with Gasteiger partial charge in [-0.05, 0) is 42.5 Å². The molecule has 1 saturated carbocycles. The second-order valence-electron chi connectivity index (χ2n) is 6.82. The fourth-order valence-corrected chi connectivity index (χ4v) is 4.72. The third kappa shape index (κ3) is 3.42. The normalized spacial score (nSPS) is 18.6. The second-order valence-corrected chi connectivity index (χ2v) is 8.45. The van der Waals surface area contributed by atoms with Crippen LogP contribution in [0.3, 0.4) is 0 Å². The number of anilines is 2. The Morgan fingerprint density at radius 2 is 1.93 bits per heavy atom. The van der Waals surface area contributed by atoms with Crippen LogP contribution < -0.4 is 10.6 Å². The number of halogens is 1. The molecule has 0 bridgehead atoms. The zero-order chi connectivity index (χ0) is 20.7. The molecule has 0 unspecified atom stereocenters. The monoisotopic (exact) mass is 423 g/mol. The number of nitrogens with two attached hydrogens (primary N) is 1. The molecule has 2 N–H and O–H groups in total. The van der Waals surface area contributed by atoms with E-state index in [9.17, 15) is 20.1 Å². The van der Waals surface area contributed by atoms with E-state index in [1.807, 2.05) is 6.07 Å². The van der Waals surface area contributed by atoms with Crippen LogP contribution in [0.15, 0.2) is 29.3 Å². The number of thioether (sulfide) groups is 1. The van der Waals surface area contributed by atoms with Crippen molar-refractivity contribution in [3.05, 3.63) is 46.0 Å². The highest BCUT2D eigenvalue weighted by Gasteiger charge is 2.41. The van der Waals surface area contributed by atoms with Crippen molar-refractivity contribution in [2.24, 2.45) is 0 Å². The van der Waals surface area contributed by atoms with Gasteiger partial charge in [-0.1, -0.05) is 29.4 Å². The van der Waals surface area contributed by atoms with Crippen LogP contribution in [0.1, 0.15) is 41.9 Å². The van der Waals surface area contributed by atoms with E-state index in [1.165, 1.54) is 0 Å². The van der Waals surface area contributed by atoms with E-state index in [1.54, 1.807) is 24.3 Å². The summed E-state index contributed by atoms with van der Waals surface area (Å²) in [6.45, 7) is 0. The Morgan fingerprint density at radius 1 is 1.21 bits per heavy atom. The Bertz CT molecular complexity index is 1130. The van der Waals surface area contributed by atoms with Crippen molar-refractivity contribution in [2.75, 3.05) is 10.6 Å². The SMILES string of the molecule is N#Cc1c(N)nc(S[C@H]2CC(=O)N(c3cccc(Cl)c3)C2=O)c(C#N)c1C1CC1. The van der Waals surface area contributed by atoms with Gasteiger partial charge in [0.25, 0.3) is 0 Å². The molecule has 0 spiro atoms. The molecule has 7 nitrogen and oxygen atoms in total. The van der Waals surface area contributed by atoms with Gasteiger partial charge in [0.05, 0.1) is 22.1 Å². The number of benzene rings is 1. The van der Waals surface area contributed by atoms with Crippen molar-refractivity contribution in [1.29, 1.82) is 10.5 Å². The molecule has 0 radical (unpaired) electrons. The van der Waals surface area contributed by atoms with Crippen LogP contribution >= 0.6 is 23.4 Å². The molecule has 9 heteroatoms. The Hall–Kier alpha value is -3.07. The zero-order valence-electron chi connectivity index (χ0n) is 15.1. The summed E-state index contributed by atoms with van der Waals surface area (Å²) in [6.07, 6.45) is 1.72. The van der Waals surface area contributed by atoms with Gasteiger partial charge in [-0.2, -0.15) is 10.5 Å². The molecule has 1 saturated heterocycles. The number of amides is 2. The molecular formula is C20H14ClN5O2S. The fourth-order valence-electron chi connectivity index (χ4n) is 3.41. The lowest BCUT2D eigenvalue weighted by atomic mass is 10.0. The molecule has 144 valence electrons. The minimum Gasteiger partial charge on any atom is -0.383 e. The van der Waals surface area contributed by atoms with E-state index >= 15 is 0 Å². The Balaban J connectivity index is 1.69. The summed E-state index contributed by atoms with van der Waals surface area (Å²) in [4.78, 5) is 30.7. The third-order valence-electron chi connectivity index (χ3n) is 4.87. The van der Waals surface area contributed by atoms with Crippen molar-refractivity contribution in [3.63, 3.8) is 0 Å². The second kappa shape index (κ2) is 7.40. The van der Waals surface area contributed by atoms with E-state index in [0.717, 1.165) is 29.5 Å². The molecule has 2 heterocycles. The van der Waals surface area contributed by atoms with Gasteiger partial charge in [0.1, 0.15) is 23.0 Å². The molecule has 29 heavy (non-hydrogen) atoms. The third-order valence-corrected chi connectivity index (χ3v) is 6.27. The highest BCUT2D eigenvalue weighted by molar-refractivity contribution is 8.00. The molecule has 2 aliphatic rings. The first-order valence-electron chi connectivity index (χ1n) is 8.87. The molecule has 2 amide bonds. The van der Waals surface area contributed by atoms with Gasteiger partial charge in [0, 0.05) is 11.4 Å². The number of carbonyl (C=O) groups is 2. The average Bonchev–Trinajstić information content (AvgIpc) is 3.48. The summed E-state index contributed by atoms with van der Waals surface area (Å²) >= 11 is 7.02. The van der Waals surface area contributed by atoms with Crippen LogP contribution in [-0.4, -0.2) is 22.0 Å². The molecule has 2 aromatic rings. The lowest BCUT2D eigenvalue weighted by Crippen LogP contribution is -2.31. The van der Waals surface area contributed by atoms with Gasteiger partial charge in [-0.15, -0.1) is 0 Å². The van der Waals surface area contributed by atoms with Gasteiger partial charge >= 0.3 is 0 Å². The fraction of sp³-hybridized carbons (Fsp3) is 0.250. The summed E-state index contributed by atoms with van der Waals surface area (Å²) in [6, 6.07) is 10.7. The number of aromatic nitrogens is 1. The maximum absolute atomic E-state index is 12.9. The number of carbonyl (C=O) groups excluding carboxylic acids is 2. The van der Waals surface area contributed by atoms with Crippen LogP contribution in [0.2, 0.25) is 5.02 Å². The molecule has 1 aliphatic carbocycles. The Morgan fingerprint density at radius 3 is 2.55 bits per heavy atom. The van der Waals surface area contributed by atoms with Crippen LogP contribution in [0, 0.1) is 22.7 Å². The minimum absolute atomic E-state index is 0.0266. The van der Waals surface area contributed by atoms with E-state index in [2.05, 4.69) is 11.1 Å². The van der Waals surface area contributed by atoms with Crippen LogP contribution in [0.4, 0.5) is 11.5 Å². The predicted octanol–water partition coefficient (Wildman–Crippen LogP) is 3.36. The smallest absolute Gasteiger partial charge is 0.247 e. The van der Waals surface area contributed by atoms with Gasteiger partial charge in [-0.25, -0.2) is 9.88 Å². The van der Waals surface area contributed by atoms with Gasteiger partial charge in [0.2, 0.25) is 11.8 Å².